The van der Waals surface area contributed by atoms with E-state index in [2.05, 4.69) is 73.8 Å². The molecule has 10 rings (SSSR count). The molecule has 0 saturated carbocycles. The number of hydrogen-bond donors (Lipinski definition) is 2. The van der Waals surface area contributed by atoms with Crippen LogP contribution in [0.25, 0.3) is 53.6 Å². The van der Waals surface area contributed by atoms with Gasteiger partial charge in [-0.15, -0.1) is 32.9 Å². The molecule has 1 aliphatic rings. The number of furan rings is 1. The van der Waals surface area contributed by atoms with Crippen molar-refractivity contribution >= 4 is 81.3 Å². The fourth-order valence-electron chi connectivity index (χ4n) is 6.34. The first-order valence-electron chi connectivity index (χ1n) is 15.0. The van der Waals surface area contributed by atoms with Crippen LogP contribution in [0.5, 0.6) is 0 Å². The highest BCUT2D eigenvalue weighted by Crippen LogP contribution is 2.53. The molecular weight excluding hydrogens is 625 g/mol. The summed E-state index contributed by atoms with van der Waals surface area (Å²) in [5.41, 5.74) is 4.41. The van der Waals surface area contributed by atoms with Crippen molar-refractivity contribution in [2.24, 2.45) is 0 Å². The Morgan fingerprint density at radius 2 is 1.55 bits per heavy atom. The van der Waals surface area contributed by atoms with Gasteiger partial charge in [0.05, 0.1) is 49.9 Å². The zero-order valence-electron chi connectivity index (χ0n) is 24.5. The molecule has 0 saturated heterocycles. The van der Waals surface area contributed by atoms with E-state index in [9.17, 15) is 0 Å². The fourth-order valence-corrected chi connectivity index (χ4v) is 8.57. The normalized spacial score (nSPS) is 16.6. The molecule has 1 atom stereocenters. The minimum absolute atomic E-state index is 0.654. The number of nitrogens with one attached hydrogen (secondary N) is 2. The molecule has 47 heavy (non-hydrogen) atoms. The van der Waals surface area contributed by atoms with Gasteiger partial charge in [0, 0.05) is 16.3 Å². The van der Waals surface area contributed by atoms with Crippen LogP contribution >= 0.6 is 22.7 Å². The molecule has 2 N–H and O–H groups in total. The molecule has 6 aromatic heterocycles. The van der Waals surface area contributed by atoms with E-state index in [4.69, 9.17) is 19.5 Å². The summed E-state index contributed by atoms with van der Waals surface area (Å²) in [7, 11) is 0. The molecule has 0 aliphatic carbocycles. The van der Waals surface area contributed by atoms with Crippen molar-refractivity contribution in [3.05, 3.63) is 144 Å². The van der Waals surface area contributed by atoms with E-state index in [1.165, 1.54) is 0 Å². The van der Waals surface area contributed by atoms with Gasteiger partial charge in [0.2, 0.25) is 5.66 Å². The molecule has 0 amide bonds. The first-order valence-corrected chi connectivity index (χ1v) is 16.6. The highest BCUT2D eigenvalue weighted by atomic mass is 32.1. The molecule has 9 nitrogen and oxygen atoms in total. The van der Waals surface area contributed by atoms with Crippen molar-refractivity contribution < 1.29 is 4.42 Å². The van der Waals surface area contributed by atoms with Crippen molar-refractivity contribution in [2.45, 2.75) is 5.66 Å². The zero-order valence-corrected chi connectivity index (χ0v) is 26.1. The molecule has 1 unspecified atom stereocenters. The maximum atomic E-state index is 6.13. The Kier molecular flexibility index (Phi) is 5.63. The summed E-state index contributed by atoms with van der Waals surface area (Å²) in [5.74, 6) is 1.31. The summed E-state index contributed by atoms with van der Waals surface area (Å²) in [6, 6.07) is 34.7. The highest BCUT2D eigenvalue weighted by Gasteiger charge is 2.55. The second-order valence-electron chi connectivity index (χ2n) is 11.2. The molecule has 1 aliphatic heterocycles. The number of H-pyrrole nitrogens is 1. The number of fused-ring (bicyclic) bond motifs is 4. The number of para-hydroxylation sites is 1. The van der Waals surface area contributed by atoms with E-state index >= 15 is 0 Å². The monoisotopic (exact) mass is 646 g/mol. The lowest BCUT2D eigenvalue weighted by Crippen LogP contribution is -2.51. The van der Waals surface area contributed by atoms with Gasteiger partial charge >= 0.3 is 0 Å². The first-order chi connectivity index (χ1) is 23.2. The van der Waals surface area contributed by atoms with Crippen LogP contribution in [0.4, 0.5) is 5.00 Å². The number of hydrogen-bond acceptors (Lipinski definition) is 10. The van der Waals surface area contributed by atoms with E-state index in [0.29, 0.717) is 17.3 Å². The number of thiazole rings is 1. The molecule has 0 radical (unpaired) electrons. The minimum atomic E-state index is -1.14. The maximum Gasteiger partial charge on any atom is 0.229 e. The smallest absolute Gasteiger partial charge is 0.229 e. The zero-order chi connectivity index (χ0) is 31.0. The largest absolute Gasteiger partial charge is 0.463 e. The fraction of sp³-hybridized carbons (Fsp3) is 0.0278. The lowest BCUT2D eigenvalue weighted by Gasteiger charge is -2.37. The number of aromatic amines is 1. The SMILES string of the molecule is c1coc(C2=C(c3cc4ccccc4nn3)N(c3cc4ccccc4s3)C(c3nc4ccncc4[nH]3)(c3nc4ccccc4s3)N2)c1. The summed E-state index contributed by atoms with van der Waals surface area (Å²) in [5, 5.41) is 17.3. The van der Waals surface area contributed by atoms with E-state index in [1.807, 2.05) is 54.6 Å². The standard InChI is InChI=1S/C36H22N8OS2/c1-3-10-23-21(8-1)18-26(43-42-23)33-32(28-12-7-17-45-28)41-36(34-38-24-15-16-37-20-27(24)39-34,35-40-25-11-4-6-14-30(25)47-35)44(33)31-19-22-9-2-5-13-29(22)46-31/h1-20,41H,(H,38,39). The van der Waals surface area contributed by atoms with Gasteiger partial charge in [0.25, 0.3) is 0 Å². The molecule has 0 fully saturated rings. The van der Waals surface area contributed by atoms with Crippen LogP contribution in [0.1, 0.15) is 22.3 Å². The van der Waals surface area contributed by atoms with E-state index in [1.54, 1.807) is 41.3 Å². The summed E-state index contributed by atoms with van der Waals surface area (Å²) < 4.78 is 8.36. The third-order valence-corrected chi connectivity index (χ3v) is 10.7. The number of rotatable bonds is 5. The van der Waals surface area contributed by atoms with Crippen molar-refractivity contribution in [3.8, 4) is 0 Å². The summed E-state index contributed by atoms with van der Waals surface area (Å²) in [4.78, 5) is 20.8. The van der Waals surface area contributed by atoms with E-state index in [0.717, 1.165) is 63.6 Å². The lowest BCUT2D eigenvalue weighted by molar-refractivity contribution is 0.466. The average molecular weight is 647 g/mol. The number of benzene rings is 3. The van der Waals surface area contributed by atoms with Gasteiger partial charge in [-0.05, 0) is 60.0 Å². The first kappa shape index (κ1) is 26.3. The van der Waals surface area contributed by atoms with Crippen molar-refractivity contribution in [2.75, 3.05) is 4.90 Å². The van der Waals surface area contributed by atoms with Gasteiger partial charge in [-0.1, -0.05) is 48.5 Å². The predicted octanol–water partition coefficient (Wildman–Crippen LogP) is 8.16. The number of thiophene rings is 1. The van der Waals surface area contributed by atoms with Crippen molar-refractivity contribution in [1.82, 2.24) is 35.5 Å². The number of imidazole rings is 1. The van der Waals surface area contributed by atoms with Gasteiger partial charge in [0.15, 0.2) is 11.6 Å². The Bertz CT molecular complexity index is 2480. The molecule has 7 heterocycles. The van der Waals surface area contributed by atoms with Crippen LogP contribution < -0.4 is 10.2 Å². The Labute approximate surface area is 274 Å². The maximum absolute atomic E-state index is 6.13. The quantitative estimate of drug-likeness (QED) is 0.193. The number of pyridine rings is 1. The van der Waals surface area contributed by atoms with E-state index < -0.39 is 5.66 Å². The number of anilines is 1. The Balaban J connectivity index is 1.34. The predicted molar refractivity (Wildman–Crippen MR) is 187 cm³/mol. The number of aromatic nitrogens is 6. The Hall–Kier alpha value is -5.91. The summed E-state index contributed by atoms with van der Waals surface area (Å²) in [6.45, 7) is 0. The molecule has 3 aromatic carbocycles. The van der Waals surface area contributed by atoms with Crippen LogP contribution in [-0.4, -0.2) is 30.1 Å². The average Bonchev–Trinajstić information content (AvgIpc) is 3.95. The second-order valence-corrected chi connectivity index (χ2v) is 13.3. The van der Waals surface area contributed by atoms with Gasteiger partial charge in [-0.2, -0.15) is 0 Å². The molecule has 0 bridgehead atoms. The van der Waals surface area contributed by atoms with Crippen molar-refractivity contribution in [1.29, 1.82) is 0 Å². The lowest BCUT2D eigenvalue weighted by atomic mass is 10.1. The molecular formula is C36H22N8OS2. The third-order valence-electron chi connectivity index (χ3n) is 8.47. The summed E-state index contributed by atoms with van der Waals surface area (Å²) >= 11 is 3.32. The number of nitrogens with zero attached hydrogens (tertiary/aromatic N) is 6. The van der Waals surface area contributed by atoms with E-state index in [-0.39, 0.29) is 0 Å². The van der Waals surface area contributed by atoms with Gasteiger partial charge < -0.3 is 14.7 Å². The van der Waals surface area contributed by atoms with Crippen LogP contribution in [0.3, 0.4) is 0 Å². The van der Waals surface area contributed by atoms with Gasteiger partial charge in [-0.25, -0.2) is 9.97 Å². The summed E-state index contributed by atoms with van der Waals surface area (Å²) in [6.07, 6.45) is 5.24. The van der Waals surface area contributed by atoms with Crippen LogP contribution in [0.2, 0.25) is 0 Å². The molecule has 0 spiro atoms. The molecule has 9 aromatic rings. The third kappa shape index (κ3) is 3.97. The Morgan fingerprint density at radius 1 is 0.723 bits per heavy atom. The van der Waals surface area contributed by atoms with Crippen molar-refractivity contribution in [3.63, 3.8) is 0 Å². The van der Waals surface area contributed by atoms with Crippen LogP contribution in [0, 0.1) is 0 Å². The van der Waals surface area contributed by atoms with Gasteiger partial charge in [0.1, 0.15) is 16.4 Å². The molecule has 11 heteroatoms. The van der Waals surface area contributed by atoms with Crippen LogP contribution in [0.15, 0.2) is 126 Å². The second kappa shape index (κ2) is 10.0. The Morgan fingerprint density at radius 3 is 2.38 bits per heavy atom. The topological polar surface area (TPSA) is 109 Å². The van der Waals surface area contributed by atoms with Crippen LogP contribution in [-0.2, 0) is 5.66 Å². The minimum Gasteiger partial charge on any atom is -0.463 e. The highest BCUT2D eigenvalue weighted by molar-refractivity contribution is 7.23. The molecule has 224 valence electrons. The van der Waals surface area contributed by atoms with Gasteiger partial charge in [-0.3, -0.25) is 9.88 Å².